The van der Waals surface area contributed by atoms with Crippen molar-refractivity contribution in [2.45, 2.75) is 44.3 Å². The van der Waals surface area contributed by atoms with E-state index in [1.165, 1.54) is 11.0 Å². The number of fused-ring (bicyclic) bond motifs is 1. The summed E-state index contributed by atoms with van der Waals surface area (Å²) in [7, 11) is 1.65. The van der Waals surface area contributed by atoms with Crippen LogP contribution in [0.25, 0.3) is 0 Å². The zero-order chi connectivity index (χ0) is 26.5. The normalized spacial score (nSPS) is 18.9. The van der Waals surface area contributed by atoms with E-state index < -0.39 is 47.3 Å². The molecule has 3 atom stereocenters. The number of nitrogens with zero attached hydrogens (tertiary/aromatic N) is 1. The van der Waals surface area contributed by atoms with Crippen molar-refractivity contribution in [3.63, 3.8) is 0 Å². The number of amides is 3. The van der Waals surface area contributed by atoms with Gasteiger partial charge in [0, 0.05) is 19.8 Å². The van der Waals surface area contributed by atoms with Gasteiger partial charge in [-0.1, -0.05) is 30.3 Å². The Hall–Kier alpha value is -3.08. The first-order chi connectivity index (χ1) is 17.8. The van der Waals surface area contributed by atoms with E-state index >= 15 is 0 Å². The average molecular weight is 551 g/mol. The lowest BCUT2D eigenvalue weighted by Crippen LogP contribution is -2.58. The summed E-state index contributed by atoms with van der Waals surface area (Å²) >= 11 is 0. The van der Waals surface area contributed by atoms with Crippen molar-refractivity contribution in [1.82, 2.24) is 15.5 Å². The maximum Gasteiger partial charge on any atom is 0.251 e. The molecule has 2 aliphatic rings. The molecule has 4 rings (SSSR count). The molecule has 1 saturated heterocycles. The smallest absolute Gasteiger partial charge is 0.251 e. The molecule has 0 bridgehead atoms. The van der Waals surface area contributed by atoms with Crippen LogP contribution >= 0.6 is 12.4 Å². The second-order valence-electron chi connectivity index (χ2n) is 9.42. The fourth-order valence-electron chi connectivity index (χ4n) is 4.91. The molecule has 3 amide bonds. The summed E-state index contributed by atoms with van der Waals surface area (Å²) in [5.41, 5.74) is 0.883. The van der Waals surface area contributed by atoms with Crippen LogP contribution < -0.4 is 16.0 Å². The van der Waals surface area contributed by atoms with Gasteiger partial charge in [0.25, 0.3) is 5.91 Å². The van der Waals surface area contributed by atoms with Crippen molar-refractivity contribution < 1.29 is 27.9 Å². The van der Waals surface area contributed by atoms with E-state index in [1.807, 2.05) is 12.1 Å². The molecule has 8 nitrogen and oxygen atoms in total. The number of ether oxygens (including phenoxy) is 1. The van der Waals surface area contributed by atoms with E-state index in [1.54, 1.807) is 26.1 Å². The van der Waals surface area contributed by atoms with Crippen LogP contribution in [0.2, 0.25) is 0 Å². The molecular formula is C27H33ClF2N4O4. The van der Waals surface area contributed by atoms with E-state index in [0.717, 1.165) is 17.7 Å². The molecule has 0 aliphatic carbocycles. The summed E-state index contributed by atoms with van der Waals surface area (Å²) in [5, 5.41) is 8.12. The van der Waals surface area contributed by atoms with Crippen molar-refractivity contribution >= 4 is 35.8 Å². The Morgan fingerprint density at radius 3 is 2.34 bits per heavy atom. The Morgan fingerprint density at radius 2 is 1.68 bits per heavy atom. The number of carbonyl (C=O) groups excluding carboxylic acids is 3. The van der Waals surface area contributed by atoms with E-state index in [2.05, 4.69) is 16.0 Å². The van der Waals surface area contributed by atoms with Crippen molar-refractivity contribution in [1.29, 1.82) is 0 Å². The molecule has 2 heterocycles. The second kappa shape index (κ2) is 13.1. The third kappa shape index (κ3) is 6.31. The number of benzene rings is 2. The van der Waals surface area contributed by atoms with Crippen molar-refractivity contribution in [2.24, 2.45) is 5.92 Å². The molecule has 3 N–H and O–H groups in total. The van der Waals surface area contributed by atoms with Crippen LogP contribution in [-0.4, -0.2) is 61.5 Å². The number of likely N-dealkylation sites (N-methyl/N-ethyl adjacent to an activating group) is 1. The Morgan fingerprint density at radius 1 is 1.03 bits per heavy atom. The number of halogens is 3. The molecule has 2 aromatic rings. The van der Waals surface area contributed by atoms with Gasteiger partial charge in [0.05, 0.1) is 6.04 Å². The zero-order valence-corrected chi connectivity index (χ0v) is 22.2. The molecule has 2 aliphatic heterocycles. The summed E-state index contributed by atoms with van der Waals surface area (Å²) in [6, 6.07) is 7.98. The fraction of sp³-hybridized carbons (Fsp3) is 0.444. The largest absolute Gasteiger partial charge is 0.381 e. The third-order valence-corrected chi connectivity index (χ3v) is 7.15. The van der Waals surface area contributed by atoms with Gasteiger partial charge in [-0.3, -0.25) is 14.4 Å². The Bertz CT molecular complexity index is 1140. The lowest BCUT2D eigenvalue weighted by Gasteiger charge is -2.40. The van der Waals surface area contributed by atoms with Gasteiger partial charge in [-0.25, -0.2) is 8.78 Å². The number of rotatable bonds is 7. The van der Waals surface area contributed by atoms with E-state index in [-0.39, 0.29) is 30.8 Å². The number of hydrogen-bond donors (Lipinski definition) is 3. The van der Waals surface area contributed by atoms with Crippen molar-refractivity contribution in [2.75, 3.05) is 32.1 Å². The van der Waals surface area contributed by atoms with E-state index in [0.29, 0.717) is 38.0 Å². The molecule has 2 aromatic carbocycles. The minimum absolute atomic E-state index is 0. The number of carbonyl (C=O) groups is 3. The predicted molar refractivity (Wildman–Crippen MR) is 141 cm³/mol. The van der Waals surface area contributed by atoms with E-state index in [9.17, 15) is 23.2 Å². The van der Waals surface area contributed by atoms with Crippen LogP contribution in [0, 0.1) is 17.6 Å². The van der Waals surface area contributed by atoms with Gasteiger partial charge in [0.2, 0.25) is 11.8 Å². The fourth-order valence-corrected chi connectivity index (χ4v) is 4.91. The summed E-state index contributed by atoms with van der Waals surface area (Å²) in [5.74, 6) is -3.48. The lowest BCUT2D eigenvalue weighted by atomic mass is 9.87. The van der Waals surface area contributed by atoms with Gasteiger partial charge in [0.15, 0.2) is 0 Å². The van der Waals surface area contributed by atoms with Gasteiger partial charge in [-0.2, -0.15) is 0 Å². The molecule has 38 heavy (non-hydrogen) atoms. The Kier molecular flexibility index (Phi) is 10.2. The van der Waals surface area contributed by atoms with Gasteiger partial charge >= 0.3 is 0 Å². The molecule has 1 fully saturated rings. The van der Waals surface area contributed by atoms with Gasteiger partial charge < -0.3 is 25.6 Å². The second-order valence-corrected chi connectivity index (χ2v) is 9.42. The minimum Gasteiger partial charge on any atom is -0.381 e. The van der Waals surface area contributed by atoms with Crippen molar-refractivity contribution in [3.8, 4) is 0 Å². The van der Waals surface area contributed by atoms with Crippen LogP contribution in [-0.2, 0) is 25.5 Å². The molecule has 0 spiro atoms. The third-order valence-electron chi connectivity index (χ3n) is 7.15. The van der Waals surface area contributed by atoms with Crippen LogP contribution in [0.1, 0.15) is 36.9 Å². The highest BCUT2D eigenvalue weighted by Gasteiger charge is 2.42. The van der Waals surface area contributed by atoms with E-state index in [4.69, 9.17) is 4.74 Å². The Balaban J connectivity index is 0.00000400. The molecule has 0 aromatic heterocycles. The molecule has 0 radical (unpaired) electrons. The molecule has 11 heteroatoms. The topological polar surface area (TPSA) is 99.8 Å². The first kappa shape index (κ1) is 29.5. The lowest BCUT2D eigenvalue weighted by molar-refractivity contribution is -0.145. The average Bonchev–Trinajstić information content (AvgIpc) is 2.92. The predicted octanol–water partition coefficient (Wildman–Crippen LogP) is 2.97. The van der Waals surface area contributed by atoms with Gasteiger partial charge in [-0.05, 0) is 62.4 Å². The summed E-state index contributed by atoms with van der Waals surface area (Å²) < 4.78 is 34.2. The minimum atomic E-state index is -1.13. The maximum absolute atomic E-state index is 14.4. The molecular weight excluding hydrogens is 518 g/mol. The standard InChI is InChI=1S/C27H32F2N4O4.ClH/c1-16(30-2)25(34)31-22(18-11-14-37-15-12-18)27(36)33-13-10-17-6-3-4-7-19(17)24(33)26(35)32-23-20(28)8-5-9-21(23)29;/h3-9,16,18,22,24,30H,10-15H2,1-2H3,(H,31,34)(H,32,35);1H/t16-,22-,24-;/m0./s1. The highest BCUT2D eigenvalue weighted by molar-refractivity contribution is 6.00. The van der Waals surface area contributed by atoms with Crippen molar-refractivity contribution in [3.05, 3.63) is 65.2 Å². The Labute approximate surface area is 226 Å². The van der Waals surface area contributed by atoms with Crippen LogP contribution in [0.4, 0.5) is 14.5 Å². The van der Waals surface area contributed by atoms with Gasteiger partial charge in [0.1, 0.15) is 29.4 Å². The van der Waals surface area contributed by atoms with Crippen LogP contribution in [0.15, 0.2) is 42.5 Å². The molecule has 206 valence electrons. The summed E-state index contributed by atoms with van der Waals surface area (Å²) in [6.45, 7) is 2.83. The highest BCUT2D eigenvalue weighted by Crippen LogP contribution is 2.33. The number of hydrogen-bond acceptors (Lipinski definition) is 5. The summed E-state index contributed by atoms with van der Waals surface area (Å²) in [4.78, 5) is 41.9. The van der Waals surface area contributed by atoms with Gasteiger partial charge in [-0.15, -0.1) is 12.4 Å². The number of nitrogens with one attached hydrogen (secondary N) is 3. The SMILES string of the molecule is CN[C@@H](C)C(=O)N[C@H](C(=O)N1CCc2ccccc2[C@H]1C(=O)Nc1c(F)cccc1F)C1CCOCC1.Cl. The van der Waals surface area contributed by atoms with Crippen LogP contribution in [0.5, 0.6) is 0 Å². The number of anilines is 1. The summed E-state index contributed by atoms with van der Waals surface area (Å²) in [6.07, 6.45) is 1.65. The zero-order valence-electron chi connectivity index (χ0n) is 21.3. The quantitative estimate of drug-likeness (QED) is 0.492. The first-order valence-corrected chi connectivity index (χ1v) is 12.5. The monoisotopic (exact) mass is 550 g/mol. The van der Waals surface area contributed by atoms with Crippen LogP contribution in [0.3, 0.4) is 0 Å². The molecule has 0 saturated carbocycles. The molecule has 0 unspecified atom stereocenters. The highest BCUT2D eigenvalue weighted by atomic mass is 35.5. The first-order valence-electron chi connectivity index (χ1n) is 12.5. The number of para-hydroxylation sites is 1. The maximum atomic E-state index is 14.4.